The summed E-state index contributed by atoms with van der Waals surface area (Å²) < 4.78 is 49.3. The molecule has 0 unspecified atom stereocenters. The summed E-state index contributed by atoms with van der Waals surface area (Å²) in [5.74, 6) is 0.825. The average molecular weight is 416 g/mol. The maximum Gasteiger partial charge on any atom is 0.288 e. The monoisotopic (exact) mass is 415 g/mol. The molecule has 1 aromatic heterocycles. The predicted octanol–water partition coefficient (Wildman–Crippen LogP) is 2.95. The van der Waals surface area contributed by atoms with Crippen molar-refractivity contribution in [2.75, 3.05) is 18.1 Å². The van der Waals surface area contributed by atoms with Crippen molar-refractivity contribution in [2.45, 2.75) is 39.1 Å². The maximum atomic E-state index is 13.0. The van der Waals surface area contributed by atoms with E-state index in [0.717, 1.165) is 0 Å². The van der Waals surface area contributed by atoms with Gasteiger partial charge >= 0.3 is 0 Å². The fourth-order valence-electron chi connectivity index (χ4n) is 3.05. The molecule has 0 N–H and O–H groups in total. The van der Waals surface area contributed by atoms with Crippen LogP contribution in [-0.4, -0.2) is 47.2 Å². The summed E-state index contributed by atoms with van der Waals surface area (Å²) in [7, 11) is -2.97. The van der Waals surface area contributed by atoms with E-state index in [1.165, 1.54) is 28.9 Å². The normalized spacial score (nSPS) is 20.1. The predicted molar refractivity (Wildman–Crippen MR) is 100 cm³/mol. The van der Waals surface area contributed by atoms with Crippen molar-refractivity contribution in [3.05, 3.63) is 40.8 Å². The molecule has 2 aromatic rings. The van der Waals surface area contributed by atoms with Crippen LogP contribution < -0.4 is 4.74 Å². The lowest BCUT2D eigenvalue weighted by molar-refractivity contribution is 0.161. The Labute approximate surface area is 162 Å². The van der Waals surface area contributed by atoms with E-state index in [2.05, 4.69) is 5.10 Å². The Morgan fingerprint density at radius 1 is 1.44 bits per heavy atom. The van der Waals surface area contributed by atoms with Gasteiger partial charge in [0.05, 0.1) is 18.2 Å². The van der Waals surface area contributed by atoms with Gasteiger partial charge in [-0.3, -0.25) is 4.90 Å². The smallest absolute Gasteiger partial charge is 0.288 e. The molecule has 0 radical (unpaired) electrons. The lowest BCUT2D eigenvalue weighted by Crippen LogP contribution is -2.37. The molecule has 1 aromatic carbocycles. The van der Waals surface area contributed by atoms with Crippen LogP contribution in [0.4, 0.5) is 4.39 Å². The molecule has 10 heteroatoms. The second-order valence-electron chi connectivity index (χ2n) is 6.52. The first kappa shape index (κ1) is 20.0. The van der Waals surface area contributed by atoms with Crippen LogP contribution in [-0.2, 0) is 16.5 Å². The molecule has 148 valence electrons. The summed E-state index contributed by atoms with van der Waals surface area (Å²) in [6.07, 6.45) is 0.0958. The molecule has 27 heavy (non-hydrogen) atoms. The van der Waals surface area contributed by atoms with Gasteiger partial charge in [-0.25, -0.2) is 17.5 Å². The van der Waals surface area contributed by atoms with Crippen LogP contribution in [0.1, 0.15) is 32.3 Å². The van der Waals surface area contributed by atoms with Crippen LogP contribution in [0.2, 0.25) is 0 Å². The van der Waals surface area contributed by atoms with E-state index < -0.39 is 15.9 Å². The van der Waals surface area contributed by atoms with Gasteiger partial charge in [-0.15, -0.1) is 5.10 Å². The molecule has 2 atom stereocenters. The van der Waals surface area contributed by atoms with E-state index in [-0.39, 0.29) is 28.2 Å². The number of aromatic nitrogens is 2. The van der Waals surface area contributed by atoms with Gasteiger partial charge in [-0.2, -0.15) is 0 Å². The molecule has 1 aliphatic heterocycles. The molecular formula is C17H22FN3O4S2. The second kappa shape index (κ2) is 8.07. The van der Waals surface area contributed by atoms with Gasteiger partial charge < -0.3 is 9.15 Å². The van der Waals surface area contributed by atoms with Crippen LogP contribution in [0.5, 0.6) is 5.75 Å². The SMILES string of the molecule is CCN(Cn1nc([C@@H](C)Oc2ccc(F)cc2)oc1=S)[C@@H]1CCS(=O)(=O)C1. The third-order valence-electron chi connectivity index (χ3n) is 4.54. The number of benzene rings is 1. The number of nitrogens with zero attached hydrogens (tertiary/aromatic N) is 3. The highest BCUT2D eigenvalue weighted by Gasteiger charge is 2.32. The molecule has 0 saturated carbocycles. The summed E-state index contributed by atoms with van der Waals surface area (Å²) in [6.45, 7) is 4.75. The number of rotatable bonds is 7. The first-order valence-electron chi connectivity index (χ1n) is 8.72. The van der Waals surface area contributed by atoms with E-state index in [9.17, 15) is 12.8 Å². The topological polar surface area (TPSA) is 77.6 Å². The minimum Gasteiger partial charge on any atom is -0.481 e. The third kappa shape index (κ3) is 4.94. The summed E-state index contributed by atoms with van der Waals surface area (Å²) in [5, 5.41) is 4.37. The van der Waals surface area contributed by atoms with Gasteiger partial charge in [0, 0.05) is 6.04 Å². The van der Waals surface area contributed by atoms with Gasteiger partial charge in [0.15, 0.2) is 15.9 Å². The van der Waals surface area contributed by atoms with Crippen molar-refractivity contribution in [2.24, 2.45) is 0 Å². The molecule has 1 aliphatic rings. The Kier molecular flexibility index (Phi) is 5.97. The minimum atomic E-state index is -2.97. The Hall–Kier alpha value is -1.78. The molecule has 0 amide bonds. The van der Waals surface area contributed by atoms with E-state index in [4.69, 9.17) is 21.4 Å². The number of hydrogen-bond acceptors (Lipinski definition) is 7. The fraction of sp³-hybridized carbons (Fsp3) is 0.529. The highest BCUT2D eigenvalue weighted by atomic mass is 32.2. The van der Waals surface area contributed by atoms with E-state index in [1.807, 2.05) is 11.8 Å². The van der Waals surface area contributed by atoms with Gasteiger partial charge in [0.2, 0.25) is 0 Å². The Bertz CT molecular complexity index is 940. The largest absolute Gasteiger partial charge is 0.481 e. The second-order valence-corrected chi connectivity index (χ2v) is 9.10. The third-order valence-corrected chi connectivity index (χ3v) is 6.59. The summed E-state index contributed by atoms with van der Waals surface area (Å²) in [4.78, 5) is 2.22. The molecule has 0 aliphatic carbocycles. The van der Waals surface area contributed by atoms with Crippen molar-refractivity contribution < 1.29 is 22.0 Å². The average Bonchev–Trinajstić information content (AvgIpc) is 3.17. The van der Waals surface area contributed by atoms with Crippen molar-refractivity contribution >= 4 is 22.1 Å². The molecule has 1 saturated heterocycles. The van der Waals surface area contributed by atoms with Crippen molar-refractivity contribution in [3.8, 4) is 5.75 Å². The van der Waals surface area contributed by atoms with Crippen LogP contribution in [0.3, 0.4) is 0 Å². The zero-order valence-electron chi connectivity index (χ0n) is 15.2. The summed E-state index contributed by atoms with van der Waals surface area (Å²) in [5.41, 5.74) is 0. The minimum absolute atomic E-state index is 0.0464. The standard InChI is InChI=1S/C17H22FN3O4S2/c1-3-20(14-8-9-27(22,23)10-14)11-21-17(26)25-16(19-21)12(2)24-15-6-4-13(18)5-7-15/h4-7,12,14H,3,8-11H2,1-2H3/t12-,14-/m1/s1. The Balaban J connectivity index is 1.69. The molecule has 2 heterocycles. The van der Waals surface area contributed by atoms with Gasteiger partial charge in [-0.1, -0.05) is 6.92 Å². The van der Waals surface area contributed by atoms with E-state index in [0.29, 0.717) is 31.3 Å². The van der Waals surface area contributed by atoms with Crippen LogP contribution in [0.25, 0.3) is 0 Å². The number of halogens is 1. The van der Waals surface area contributed by atoms with Crippen molar-refractivity contribution in [1.82, 2.24) is 14.7 Å². The van der Waals surface area contributed by atoms with Gasteiger partial charge in [0.25, 0.3) is 10.7 Å². The quantitative estimate of drug-likeness (QED) is 0.644. The van der Waals surface area contributed by atoms with Gasteiger partial charge in [-0.05, 0) is 56.4 Å². The van der Waals surface area contributed by atoms with Crippen LogP contribution >= 0.6 is 12.2 Å². The summed E-state index contributed by atoms with van der Waals surface area (Å²) >= 11 is 5.24. The van der Waals surface area contributed by atoms with Crippen molar-refractivity contribution in [3.63, 3.8) is 0 Å². The molecule has 3 rings (SSSR count). The zero-order chi connectivity index (χ0) is 19.6. The number of sulfone groups is 1. The van der Waals surface area contributed by atoms with Crippen LogP contribution in [0.15, 0.2) is 28.7 Å². The highest BCUT2D eigenvalue weighted by molar-refractivity contribution is 7.91. The number of hydrogen-bond donors (Lipinski definition) is 0. The van der Waals surface area contributed by atoms with Crippen molar-refractivity contribution in [1.29, 1.82) is 0 Å². The van der Waals surface area contributed by atoms with Gasteiger partial charge in [0.1, 0.15) is 11.6 Å². The Morgan fingerprint density at radius 3 is 2.74 bits per heavy atom. The zero-order valence-corrected chi connectivity index (χ0v) is 16.8. The summed E-state index contributed by atoms with van der Waals surface area (Å²) in [6, 6.07) is 5.62. The lowest BCUT2D eigenvalue weighted by Gasteiger charge is -2.25. The van der Waals surface area contributed by atoms with E-state index >= 15 is 0 Å². The fourth-order valence-corrected chi connectivity index (χ4v) is 5.00. The lowest BCUT2D eigenvalue weighted by atomic mass is 10.2. The van der Waals surface area contributed by atoms with E-state index in [1.54, 1.807) is 6.92 Å². The molecule has 0 spiro atoms. The van der Waals surface area contributed by atoms with Crippen LogP contribution in [0, 0.1) is 10.7 Å². The molecule has 1 fully saturated rings. The first-order chi connectivity index (χ1) is 12.8. The number of ether oxygens (including phenoxy) is 1. The molecule has 7 nitrogen and oxygen atoms in total. The maximum absolute atomic E-state index is 13.0. The highest BCUT2D eigenvalue weighted by Crippen LogP contribution is 2.22. The first-order valence-corrected chi connectivity index (χ1v) is 10.9. The molecular weight excluding hydrogens is 393 g/mol. The Morgan fingerprint density at radius 2 is 2.15 bits per heavy atom. The molecule has 0 bridgehead atoms.